The summed E-state index contributed by atoms with van der Waals surface area (Å²) < 4.78 is 5.77. The van der Waals surface area contributed by atoms with Crippen LogP contribution in [0.1, 0.15) is 30.4 Å². The standard InChI is InChI=1S/C18H22N2O2/c1-13-5-6-15(17(19)9-13)16(11-21)18-10-14(12-22-18)20-7-3-2-4-8-20/h5-6,9-11H,2-4,7-8,12,19H2,1H3/b18-16-. The summed E-state index contributed by atoms with van der Waals surface area (Å²) in [4.78, 5) is 13.9. The molecule has 116 valence electrons. The van der Waals surface area contributed by atoms with Crippen molar-refractivity contribution in [3.8, 4) is 0 Å². The number of aryl methyl sites for hydroxylation is 1. The molecule has 2 aliphatic heterocycles. The molecule has 0 radical (unpaired) electrons. The zero-order valence-corrected chi connectivity index (χ0v) is 13.0. The predicted molar refractivity (Wildman–Crippen MR) is 88.0 cm³/mol. The first-order valence-corrected chi connectivity index (χ1v) is 7.83. The molecule has 22 heavy (non-hydrogen) atoms. The van der Waals surface area contributed by atoms with Gasteiger partial charge in [0.15, 0.2) is 6.29 Å². The summed E-state index contributed by atoms with van der Waals surface area (Å²) in [7, 11) is 0. The van der Waals surface area contributed by atoms with Gasteiger partial charge in [-0.3, -0.25) is 4.79 Å². The lowest BCUT2D eigenvalue weighted by Gasteiger charge is -2.28. The van der Waals surface area contributed by atoms with E-state index in [1.165, 1.54) is 25.0 Å². The van der Waals surface area contributed by atoms with E-state index in [0.29, 0.717) is 23.6 Å². The average molecular weight is 298 g/mol. The Labute approximate surface area is 131 Å². The Morgan fingerprint density at radius 3 is 2.73 bits per heavy atom. The van der Waals surface area contributed by atoms with Crippen LogP contribution in [0.5, 0.6) is 0 Å². The second-order valence-electron chi connectivity index (χ2n) is 5.96. The van der Waals surface area contributed by atoms with Gasteiger partial charge in [-0.1, -0.05) is 12.1 Å². The third-order valence-corrected chi connectivity index (χ3v) is 4.32. The monoisotopic (exact) mass is 298 g/mol. The molecule has 0 amide bonds. The highest BCUT2D eigenvalue weighted by Gasteiger charge is 2.22. The van der Waals surface area contributed by atoms with Crippen molar-refractivity contribution in [2.75, 3.05) is 25.4 Å². The van der Waals surface area contributed by atoms with Crippen molar-refractivity contribution in [2.24, 2.45) is 0 Å². The van der Waals surface area contributed by atoms with Crippen LogP contribution in [-0.2, 0) is 9.53 Å². The van der Waals surface area contributed by atoms with Crippen LogP contribution in [0.4, 0.5) is 5.69 Å². The summed E-state index contributed by atoms with van der Waals surface area (Å²) in [6.07, 6.45) is 6.58. The molecular weight excluding hydrogens is 276 g/mol. The number of ether oxygens (including phenoxy) is 1. The van der Waals surface area contributed by atoms with Crippen LogP contribution in [0.2, 0.25) is 0 Å². The van der Waals surface area contributed by atoms with Crippen molar-refractivity contribution >= 4 is 17.5 Å². The van der Waals surface area contributed by atoms with Gasteiger partial charge >= 0.3 is 0 Å². The molecule has 0 aromatic heterocycles. The van der Waals surface area contributed by atoms with Crippen LogP contribution in [0.3, 0.4) is 0 Å². The zero-order chi connectivity index (χ0) is 15.5. The van der Waals surface area contributed by atoms with E-state index in [4.69, 9.17) is 10.5 Å². The number of rotatable bonds is 3. The van der Waals surface area contributed by atoms with Gasteiger partial charge in [-0.15, -0.1) is 0 Å². The van der Waals surface area contributed by atoms with E-state index >= 15 is 0 Å². The smallest absolute Gasteiger partial charge is 0.154 e. The minimum absolute atomic E-state index is 0.532. The van der Waals surface area contributed by atoms with Crippen LogP contribution in [0, 0.1) is 6.92 Å². The molecule has 1 aromatic carbocycles. The molecule has 2 heterocycles. The molecule has 4 heteroatoms. The molecule has 1 fully saturated rings. The number of hydrogen-bond donors (Lipinski definition) is 1. The van der Waals surface area contributed by atoms with E-state index < -0.39 is 0 Å². The summed E-state index contributed by atoms with van der Waals surface area (Å²) in [6.45, 7) is 4.67. The topological polar surface area (TPSA) is 55.6 Å². The van der Waals surface area contributed by atoms with Gasteiger partial charge in [-0.25, -0.2) is 0 Å². The first-order valence-electron chi connectivity index (χ1n) is 7.83. The summed E-state index contributed by atoms with van der Waals surface area (Å²) in [5.41, 5.74) is 10.2. The van der Waals surface area contributed by atoms with Gasteiger partial charge in [-0.2, -0.15) is 0 Å². The second-order valence-corrected chi connectivity index (χ2v) is 5.96. The van der Waals surface area contributed by atoms with E-state index in [0.717, 1.165) is 30.5 Å². The van der Waals surface area contributed by atoms with Crippen LogP contribution < -0.4 is 5.73 Å². The van der Waals surface area contributed by atoms with E-state index in [9.17, 15) is 4.79 Å². The fourth-order valence-electron chi connectivity index (χ4n) is 3.09. The van der Waals surface area contributed by atoms with Crippen molar-refractivity contribution in [1.82, 2.24) is 4.90 Å². The van der Waals surface area contributed by atoms with Gasteiger partial charge in [0, 0.05) is 30.4 Å². The normalized spacial score (nSPS) is 20.4. The number of nitrogens with two attached hydrogens (primary N) is 1. The molecule has 2 N–H and O–H groups in total. The number of aldehydes is 1. The largest absolute Gasteiger partial charge is 0.487 e. The third kappa shape index (κ3) is 2.86. The quantitative estimate of drug-likeness (QED) is 0.529. The second kappa shape index (κ2) is 6.26. The van der Waals surface area contributed by atoms with Gasteiger partial charge in [-0.05, 0) is 37.8 Å². The maximum atomic E-state index is 11.6. The number of anilines is 1. The molecule has 0 bridgehead atoms. The Kier molecular flexibility index (Phi) is 4.18. The van der Waals surface area contributed by atoms with Crippen molar-refractivity contribution < 1.29 is 9.53 Å². The number of nitrogens with zero attached hydrogens (tertiary/aromatic N) is 1. The first kappa shape index (κ1) is 14.7. The molecule has 1 saturated heterocycles. The molecule has 1 aromatic rings. The fourth-order valence-corrected chi connectivity index (χ4v) is 3.09. The van der Waals surface area contributed by atoms with Crippen molar-refractivity contribution in [3.05, 3.63) is 46.9 Å². The molecule has 2 aliphatic rings. The van der Waals surface area contributed by atoms with Crippen LogP contribution >= 0.6 is 0 Å². The number of allylic oxidation sites excluding steroid dienone is 2. The fraction of sp³-hybridized carbons (Fsp3) is 0.389. The number of piperidine rings is 1. The number of benzene rings is 1. The minimum atomic E-state index is 0.532. The van der Waals surface area contributed by atoms with Crippen molar-refractivity contribution in [2.45, 2.75) is 26.2 Å². The lowest BCUT2D eigenvalue weighted by Crippen LogP contribution is -2.29. The van der Waals surface area contributed by atoms with Crippen LogP contribution in [0.15, 0.2) is 35.7 Å². The summed E-state index contributed by atoms with van der Waals surface area (Å²) in [5, 5.41) is 0. The molecule has 4 nitrogen and oxygen atoms in total. The Balaban J connectivity index is 1.93. The molecule has 0 atom stereocenters. The first-order chi connectivity index (χ1) is 10.7. The Bertz CT molecular complexity index is 640. The third-order valence-electron chi connectivity index (χ3n) is 4.32. The number of carbonyl (C=O) groups excluding carboxylic acids is 1. The van der Waals surface area contributed by atoms with E-state index in [2.05, 4.69) is 4.90 Å². The van der Waals surface area contributed by atoms with Gasteiger partial charge in [0.1, 0.15) is 12.4 Å². The lowest BCUT2D eigenvalue weighted by atomic mass is 10.0. The van der Waals surface area contributed by atoms with Crippen molar-refractivity contribution in [3.63, 3.8) is 0 Å². The highest BCUT2D eigenvalue weighted by atomic mass is 16.5. The SMILES string of the molecule is Cc1ccc(/C(C=O)=C2/C=C(N3CCCCC3)CO2)c(N)c1. The highest BCUT2D eigenvalue weighted by molar-refractivity contribution is 6.10. The van der Waals surface area contributed by atoms with Crippen LogP contribution in [0.25, 0.3) is 5.57 Å². The van der Waals surface area contributed by atoms with E-state index in [1.807, 2.05) is 31.2 Å². The van der Waals surface area contributed by atoms with Gasteiger partial charge in [0.05, 0.1) is 11.3 Å². The maximum Gasteiger partial charge on any atom is 0.154 e. The Morgan fingerprint density at radius 2 is 2.05 bits per heavy atom. The van der Waals surface area contributed by atoms with Gasteiger partial charge in [0.25, 0.3) is 0 Å². The number of likely N-dealkylation sites (tertiary alicyclic amines) is 1. The number of nitrogen functional groups attached to an aromatic ring is 1. The zero-order valence-electron chi connectivity index (χ0n) is 13.0. The average Bonchev–Trinajstić information content (AvgIpc) is 3.01. The minimum Gasteiger partial charge on any atom is -0.487 e. The maximum absolute atomic E-state index is 11.6. The summed E-state index contributed by atoms with van der Waals surface area (Å²) >= 11 is 0. The van der Waals surface area contributed by atoms with Crippen molar-refractivity contribution in [1.29, 1.82) is 0 Å². The predicted octanol–water partition coefficient (Wildman–Crippen LogP) is 2.89. The Morgan fingerprint density at radius 1 is 1.27 bits per heavy atom. The Hall–Kier alpha value is -2.23. The number of carbonyl (C=O) groups is 1. The van der Waals surface area contributed by atoms with Gasteiger partial charge in [0.2, 0.25) is 0 Å². The number of hydrogen-bond acceptors (Lipinski definition) is 4. The van der Waals surface area contributed by atoms with Gasteiger partial charge < -0.3 is 15.4 Å². The molecule has 0 unspecified atom stereocenters. The van der Waals surface area contributed by atoms with E-state index in [1.54, 1.807) is 0 Å². The molecule has 3 rings (SSSR count). The lowest BCUT2D eigenvalue weighted by molar-refractivity contribution is -0.103. The molecule has 0 saturated carbocycles. The highest BCUT2D eigenvalue weighted by Crippen LogP contribution is 2.30. The molecule has 0 spiro atoms. The van der Waals surface area contributed by atoms with Crippen LogP contribution in [-0.4, -0.2) is 30.9 Å². The summed E-state index contributed by atoms with van der Waals surface area (Å²) in [6, 6.07) is 5.72. The molecular formula is C18H22N2O2. The molecule has 0 aliphatic carbocycles. The van der Waals surface area contributed by atoms with E-state index in [-0.39, 0.29) is 0 Å². The summed E-state index contributed by atoms with van der Waals surface area (Å²) in [5.74, 6) is 0.631.